The van der Waals surface area contributed by atoms with Gasteiger partial charge in [-0.15, -0.1) is 0 Å². The molecule has 2 rings (SSSR count). The third-order valence-corrected chi connectivity index (χ3v) is 3.66. The summed E-state index contributed by atoms with van der Waals surface area (Å²) >= 11 is 0. The first-order valence-electron chi connectivity index (χ1n) is 7.63. The van der Waals surface area contributed by atoms with Gasteiger partial charge in [-0.1, -0.05) is 12.1 Å². The van der Waals surface area contributed by atoms with Crippen LogP contribution in [-0.2, 0) is 11.3 Å². The number of amides is 1. The molecule has 1 aromatic heterocycles. The molecule has 0 aliphatic rings. The Labute approximate surface area is 140 Å². The molecule has 0 bridgehead atoms. The van der Waals surface area contributed by atoms with Gasteiger partial charge in [0, 0.05) is 31.8 Å². The summed E-state index contributed by atoms with van der Waals surface area (Å²) in [6, 6.07) is 9.15. The molecule has 0 atom stereocenters. The van der Waals surface area contributed by atoms with Crippen molar-refractivity contribution in [3.8, 4) is 0 Å². The van der Waals surface area contributed by atoms with Crippen LogP contribution in [-0.4, -0.2) is 27.3 Å². The van der Waals surface area contributed by atoms with E-state index in [-0.39, 0.29) is 11.6 Å². The number of rotatable bonds is 6. The first-order chi connectivity index (χ1) is 11.4. The highest BCUT2D eigenvalue weighted by molar-refractivity contribution is 5.73. The standard InChI is InChI=1S/C17H20N4O3/c1-4-20(13(3)22)11-14-6-5-7-15(9-14)19-17-12(2)8-16(10-18-17)21(23)24/h5-10H,4,11H2,1-3H3,(H,18,19). The predicted molar refractivity (Wildman–Crippen MR) is 92.1 cm³/mol. The number of pyridine rings is 1. The fourth-order valence-electron chi connectivity index (χ4n) is 2.34. The normalized spacial score (nSPS) is 10.3. The highest BCUT2D eigenvalue weighted by Gasteiger charge is 2.11. The molecule has 0 saturated heterocycles. The average molecular weight is 328 g/mol. The molecule has 1 aromatic carbocycles. The van der Waals surface area contributed by atoms with Gasteiger partial charge in [-0.2, -0.15) is 0 Å². The zero-order valence-corrected chi connectivity index (χ0v) is 13.9. The number of anilines is 2. The number of nitrogens with zero attached hydrogens (tertiary/aromatic N) is 3. The molecular formula is C17H20N4O3. The molecule has 0 aliphatic carbocycles. The van der Waals surface area contributed by atoms with E-state index in [1.807, 2.05) is 31.2 Å². The highest BCUT2D eigenvalue weighted by atomic mass is 16.6. The third-order valence-electron chi connectivity index (χ3n) is 3.66. The molecule has 1 amide bonds. The van der Waals surface area contributed by atoms with Gasteiger partial charge in [0.1, 0.15) is 12.0 Å². The Morgan fingerprint density at radius 2 is 2.12 bits per heavy atom. The fourth-order valence-corrected chi connectivity index (χ4v) is 2.34. The molecule has 0 radical (unpaired) electrons. The molecule has 7 nitrogen and oxygen atoms in total. The average Bonchev–Trinajstić information content (AvgIpc) is 2.54. The SMILES string of the molecule is CCN(Cc1cccc(Nc2ncc([N+](=O)[O-])cc2C)c1)C(C)=O. The minimum atomic E-state index is -0.467. The molecule has 0 unspecified atom stereocenters. The molecule has 126 valence electrons. The van der Waals surface area contributed by atoms with E-state index in [2.05, 4.69) is 10.3 Å². The topological polar surface area (TPSA) is 88.4 Å². The summed E-state index contributed by atoms with van der Waals surface area (Å²) in [5.41, 5.74) is 2.47. The van der Waals surface area contributed by atoms with Gasteiger partial charge in [0.25, 0.3) is 5.69 Å². The van der Waals surface area contributed by atoms with Gasteiger partial charge in [0.05, 0.1) is 4.92 Å². The Kier molecular flexibility index (Phi) is 5.47. The number of carbonyl (C=O) groups is 1. The van der Waals surface area contributed by atoms with E-state index in [4.69, 9.17) is 0 Å². The second-order valence-corrected chi connectivity index (χ2v) is 5.47. The van der Waals surface area contributed by atoms with Crippen LogP contribution < -0.4 is 5.32 Å². The minimum Gasteiger partial charge on any atom is -0.340 e. The van der Waals surface area contributed by atoms with E-state index in [0.717, 1.165) is 11.3 Å². The van der Waals surface area contributed by atoms with Crippen molar-refractivity contribution >= 4 is 23.1 Å². The second-order valence-electron chi connectivity index (χ2n) is 5.47. The molecule has 0 aliphatic heterocycles. The van der Waals surface area contributed by atoms with Gasteiger partial charge in [-0.3, -0.25) is 14.9 Å². The van der Waals surface area contributed by atoms with Gasteiger partial charge in [-0.05, 0) is 37.1 Å². The van der Waals surface area contributed by atoms with E-state index in [0.29, 0.717) is 24.5 Å². The van der Waals surface area contributed by atoms with Gasteiger partial charge < -0.3 is 10.2 Å². The van der Waals surface area contributed by atoms with Crippen molar-refractivity contribution in [1.29, 1.82) is 0 Å². The molecule has 2 aromatic rings. The van der Waals surface area contributed by atoms with Crippen molar-refractivity contribution in [2.45, 2.75) is 27.3 Å². The number of aromatic nitrogens is 1. The summed E-state index contributed by atoms with van der Waals surface area (Å²) in [4.78, 5) is 27.7. The maximum Gasteiger partial charge on any atom is 0.287 e. The first-order valence-corrected chi connectivity index (χ1v) is 7.63. The number of carbonyl (C=O) groups excluding carboxylic acids is 1. The van der Waals surface area contributed by atoms with Crippen molar-refractivity contribution in [2.24, 2.45) is 0 Å². The first kappa shape index (κ1) is 17.4. The van der Waals surface area contributed by atoms with Crippen molar-refractivity contribution in [3.05, 3.63) is 57.8 Å². The van der Waals surface area contributed by atoms with Gasteiger partial charge >= 0.3 is 0 Å². The highest BCUT2D eigenvalue weighted by Crippen LogP contribution is 2.22. The Bertz CT molecular complexity index is 761. The Hall–Kier alpha value is -2.96. The summed E-state index contributed by atoms with van der Waals surface area (Å²) in [6.45, 7) is 6.44. The van der Waals surface area contributed by atoms with Crippen LogP contribution in [0.3, 0.4) is 0 Å². The van der Waals surface area contributed by atoms with Gasteiger partial charge in [0.15, 0.2) is 0 Å². The number of hydrogen-bond donors (Lipinski definition) is 1. The van der Waals surface area contributed by atoms with Crippen LogP contribution in [0.1, 0.15) is 25.0 Å². The fraction of sp³-hybridized carbons (Fsp3) is 0.294. The molecular weight excluding hydrogens is 308 g/mol. The molecule has 0 spiro atoms. The van der Waals surface area contributed by atoms with Crippen LogP contribution in [0.15, 0.2) is 36.5 Å². The van der Waals surface area contributed by atoms with Gasteiger partial charge in [0.2, 0.25) is 5.91 Å². The van der Waals surface area contributed by atoms with Crippen LogP contribution in [0.2, 0.25) is 0 Å². The monoisotopic (exact) mass is 328 g/mol. The van der Waals surface area contributed by atoms with Gasteiger partial charge in [-0.25, -0.2) is 4.98 Å². The van der Waals surface area contributed by atoms with E-state index in [1.165, 1.54) is 12.3 Å². The maximum absolute atomic E-state index is 11.5. The molecule has 1 heterocycles. The Morgan fingerprint density at radius 3 is 2.71 bits per heavy atom. The predicted octanol–water partition coefficient (Wildman–Crippen LogP) is 3.41. The third kappa shape index (κ3) is 4.28. The number of nitro groups is 1. The summed E-state index contributed by atoms with van der Waals surface area (Å²) in [7, 11) is 0. The maximum atomic E-state index is 11.5. The second kappa shape index (κ2) is 7.54. The van der Waals surface area contributed by atoms with Crippen molar-refractivity contribution in [1.82, 2.24) is 9.88 Å². The van der Waals surface area contributed by atoms with Crippen LogP contribution in [0, 0.1) is 17.0 Å². The number of aryl methyl sites for hydroxylation is 1. The number of benzene rings is 1. The molecule has 0 fully saturated rings. The lowest BCUT2D eigenvalue weighted by Crippen LogP contribution is -2.27. The van der Waals surface area contributed by atoms with Crippen molar-refractivity contribution in [3.63, 3.8) is 0 Å². The summed E-state index contributed by atoms with van der Waals surface area (Å²) < 4.78 is 0. The zero-order chi connectivity index (χ0) is 17.7. The summed E-state index contributed by atoms with van der Waals surface area (Å²) in [5, 5.41) is 13.9. The molecule has 24 heavy (non-hydrogen) atoms. The van der Waals surface area contributed by atoms with E-state index in [9.17, 15) is 14.9 Å². The van der Waals surface area contributed by atoms with Crippen LogP contribution in [0.4, 0.5) is 17.2 Å². The van der Waals surface area contributed by atoms with Crippen LogP contribution in [0.5, 0.6) is 0 Å². The lowest BCUT2D eigenvalue weighted by Gasteiger charge is -2.19. The zero-order valence-electron chi connectivity index (χ0n) is 13.9. The Balaban J connectivity index is 2.17. The lowest BCUT2D eigenvalue weighted by atomic mass is 10.1. The Morgan fingerprint density at radius 1 is 1.38 bits per heavy atom. The van der Waals surface area contributed by atoms with E-state index >= 15 is 0 Å². The number of nitrogens with one attached hydrogen (secondary N) is 1. The summed E-state index contributed by atoms with van der Waals surface area (Å²) in [5.74, 6) is 0.598. The van der Waals surface area contributed by atoms with E-state index < -0.39 is 4.92 Å². The number of hydrogen-bond acceptors (Lipinski definition) is 5. The van der Waals surface area contributed by atoms with E-state index in [1.54, 1.807) is 18.7 Å². The lowest BCUT2D eigenvalue weighted by molar-refractivity contribution is -0.385. The molecule has 0 saturated carbocycles. The quantitative estimate of drug-likeness (QED) is 0.648. The molecule has 1 N–H and O–H groups in total. The summed E-state index contributed by atoms with van der Waals surface area (Å²) in [6.07, 6.45) is 1.23. The minimum absolute atomic E-state index is 0.0312. The van der Waals surface area contributed by atoms with Crippen molar-refractivity contribution < 1.29 is 9.72 Å². The largest absolute Gasteiger partial charge is 0.340 e. The van der Waals surface area contributed by atoms with Crippen LogP contribution >= 0.6 is 0 Å². The van der Waals surface area contributed by atoms with Crippen LogP contribution in [0.25, 0.3) is 0 Å². The van der Waals surface area contributed by atoms with Crippen molar-refractivity contribution in [2.75, 3.05) is 11.9 Å². The molecule has 7 heteroatoms. The smallest absolute Gasteiger partial charge is 0.287 e.